The molecule has 1 atom stereocenters. The van der Waals surface area contributed by atoms with Gasteiger partial charge in [-0.05, 0) is 13.3 Å². The van der Waals surface area contributed by atoms with Crippen LogP contribution in [-0.4, -0.2) is 55.1 Å². The van der Waals surface area contributed by atoms with E-state index in [4.69, 9.17) is 5.73 Å². The van der Waals surface area contributed by atoms with E-state index in [1.165, 1.54) is 11.3 Å². The molecule has 2 rings (SSSR count). The molecule has 118 valence electrons. The zero-order valence-corrected chi connectivity index (χ0v) is 13.9. The van der Waals surface area contributed by atoms with Crippen molar-refractivity contribution in [1.29, 1.82) is 0 Å². The van der Waals surface area contributed by atoms with Crippen LogP contribution < -0.4 is 16.0 Å². The van der Waals surface area contributed by atoms with Crippen molar-refractivity contribution in [2.45, 2.75) is 32.7 Å². The first kappa shape index (κ1) is 16.0. The molecule has 7 heteroatoms. The van der Waals surface area contributed by atoms with Gasteiger partial charge in [-0.2, -0.15) is 0 Å². The van der Waals surface area contributed by atoms with Gasteiger partial charge in [-0.1, -0.05) is 24.7 Å². The lowest BCUT2D eigenvalue weighted by molar-refractivity contribution is 0.0742. The van der Waals surface area contributed by atoms with Crippen LogP contribution in [0.1, 0.15) is 36.4 Å². The second kappa shape index (κ2) is 7.09. The smallest absolute Gasteiger partial charge is 0.267 e. The van der Waals surface area contributed by atoms with Gasteiger partial charge in [0.1, 0.15) is 10.7 Å². The molecule has 1 saturated heterocycles. The average Bonchev–Trinajstić information content (AvgIpc) is 2.89. The van der Waals surface area contributed by atoms with Crippen LogP contribution in [0.5, 0.6) is 0 Å². The van der Waals surface area contributed by atoms with Crippen LogP contribution in [0.4, 0.5) is 10.9 Å². The Labute approximate surface area is 130 Å². The third-order valence-electron chi connectivity index (χ3n) is 3.91. The van der Waals surface area contributed by atoms with Crippen LogP contribution in [0.15, 0.2) is 0 Å². The molecule has 0 saturated carbocycles. The minimum Gasteiger partial charge on any atom is -0.382 e. The highest BCUT2D eigenvalue weighted by molar-refractivity contribution is 7.18. The van der Waals surface area contributed by atoms with Crippen LogP contribution >= 0.6 is 11.3 Å². The number of carbonyl (C=O) groups excluding carboxylic acids is 1. The summed E-state index contributed by atoms with van der Waals surface area (Å²) in [4.78, 5) is 21.5. The summed E-state index contributed by atoms with van der Waals surface area (Å²) in [5, 5.41) is 4.16. The number of hydrogen-bond acceptors (Lipinski definition) is 6. The molecular formula is C14H25N5OS. The van der Waals surface area contributed by atoms with E-state index in [1.807, 2.05) is 7.05 Å². The van der Waals surface area contributed by atoms with Gasteiger partial charge in [0.25, 0.3) is 5.91 Å². The van der Waals surface area contributed by atoms with Gasteiger partial charge in [0, 0.05) is 39.3 Å². The van der Waals surface area contributed by atoms with Crippen LogP contribution in [0.3, 0.4) is 0 Å². The molecule has 0 aromatic carbocycles. The fourth-order valence-electron chi connectivity index (χ4n) is 2.44. The van der Waals surface area contributed by atoms with E-state index >= 15 is 0 Å². The minimum absolute atomic E-state index is 0.0210. The molecule has 1 amide bonds. The maximum atomic E-state index is 12.6. The Morgan fingerprint density at radius 3 is 2.81 bits per heavy atom. The third kappa shape index (κ3) is 3.65. The summed E-state index contributed by atoms with van der Waals surface area (Å²) in [5.74, 6) is 0.335. The third-order valence-corrected chi connectivity index (χ3v) is 5.03. The van der Waals surface area contributed by atoms with Crippen molar-refractivity contribution in [3.05, 3.63) is 4.88 Å². The van der Waals surface area contributed by atoms with Crippen LogP contribution in [0.25, 0.3) is 0 Å². The number of nitrogens with one attached hydrogen (secondary N) is 1. The second-order valence-electron chi connectivity index (χ2n) is 5.50. The largest absolute Gasteiger partial charge is 0.382 e. The number of piperazine rings is 1. The number of nitrogens with zero attached hydrogens (tertiary/aromatic N) is 3. The zero-order valence-electron chi connectivity index (χ0n) is 13.1. The molecule has 1 aromatic heterocycles. The molecule has 21 heavy (non-hydrogen) atoms. The highest BCUT2D eigenvalue weighted by Crippen LogP contribution is 2.29. The van der Waals surface area contributed by atoms with Gasteiger partial charge < -0.3 is 20.9 Å². The summed E-state index contributed by atoms with van der Waals surface area (Å²) in [7, 11) is 1.84. The van der Waals surface area contributed by atoms with Crippen LogP contribution in [-0.2, 0) is 0 Å². The van der Waals surface area contributed by atoms with Gasteiger partial charge in [-0.25, -0.2) is 4.98 Å². The number of amides is 1. The summed E-state index contributed by atoms with van der Waals surface area (Å²) in [6.07, 6.45) is 2.05. The minimum atomic E-state index is -0.0210. The van der Waals surface area contributed by atoms with Crippen LogP contribution in [0.2, 0.25) is 0 Å². The highest BCUT2D eigenvalue weighted by atomic mass is 32.1. The van der Waals surface area contributed by atoms with Crippen molar-refractivity contribution < 1.29 is 4.79 Å². The van der Waals surface area contributed by atoms with E-state index in [1.54, 1.807) is 4.90 Å². The normalized spacial score (nSPS) is 16.8. The number of hydrogen-bond donors (Lipinski definition) is 2. The van der Waals surface area contributed by atoms with Crippen molar-refractivity contribution in [3.63, 3.8) is 0 Å². The molecule has 2 heterocycles. The lowest BCUT2D eigenvalue weighted by atomic mass is 10.1. The first-order chi connectivity index (χ1) is 10.0. The second-order valence-corrected chi connectivity index (χ2v) is 6.48. The fourth-order valence-corrected chi connectivity index (χ4v) is 3.46. The molecule has 1 unspecified atom stereocenters. The van der Waals surface area contributed by atoms with E-state index in [0.29, 0.717) is 10.7 Å². The van der Waals surface area contributed by atoms with E-state index in [2.05, 4.69) is 29.0 Å². The Balaban J connectivity index is 2.12. The Hall–Kier alpha value is -1.34. The molecule has 6 nitrogen and oxygen atoms in total. The number of anilines is 2. The number of nitrogens with two attached hydrogens (primary N) is 1. The predicted molar refractivity (Wildman–Crippen MR) is 88.1 cm³/mol. The monoisotopic (exact) mass is 311 g/mol. The van der Waals surface area contributed by atoms with Gasteiger partial charge >= 0.3 is 0 Å². The number of carbonyl (C=O) groups is 1. The van der Waals surface area contributed by atoms with Crippen LogP contribution in [0, 0.1) is 0 Å². The lowest BCUT2D eigenvalue weighted by Crippen LogP contribution is -2.43. The van der Waals surface area contributed by atoms with Crippen molar-refractivity contribution in [2.75, 3.05) is 43.9 Å². The van der Waals surface area contributed by atoms with Gasteiger partial charge in [0.2, 0.25) is 0 Å². The first-order valence-electron chi connectivity index (χ1n) is 7.53. The van der Waals surface area contributed by atoms with Crippen molar-refractivity contribution in [1.82, 2.24) is 15.2 Å². The topological polar surface area (TPSA) is 74.5 Å². The first-order valence-corrected chi connectivity index (χ1v) is 8.35. The summed E-state index contributed by atoms with van der Waals surface area (Å²) < 4.78 is 0. The molecule has 0 bridgehead atoms. The molecule has 0 aliphatic carbocycles. The average molecular weight is 311 g/mol. The Bertz CT molecular complexity index is 484. The van der Waals surface area contributed by atoms with Crippen molar-refractivity contribution in [2.24, 2.45) is 0 Å². The number of thiazole rings is 1. The standard InChI is InChI=1S/C14H25N5OS/c1-4-5-10(2)18(3)13(20)11-12(15)17-14(21-11)19-8-6-16-7-9-19/h10,16H,4-9,15H2,1-3H3. The molecule has 0 spiro atoms. The Kier molecular flexibility index (Phi) is 5.41. The predicted octanol–water partition coefficient (Wildman–Crippen LogP) is 1.40. The van der Waals surface area contributed by atoms with Crippen molar-refractivity contribution in [3.8, 4) is 0 Å². The van der Waals surface area contributed by atoms with Gasteiger partial charge in [-0.15, -0.1) is 0 Å². The van der Waals surface area contributed by atoms with Gasteiger partial charge in [0.15, 0.2) is 5.13 Å². The maximum absolute atomic E-state index is 12.6. The Morgan fingerprint density at radius 2 is 2.19 bits per heavy atom. The molecule has 1 aromatic rings. The lowest BCUT2D eigenvalue weighted by Gasteiger charge is -2.26. The summed E-state index contributed by atoms with van der Waals surface area (Å²) in [6.45, 7) is 7.88. The van der Waals surface area contributed by atoms with E-state index in [-0.39, 0.29) is 11.9 Å². The quantitative estimate of drug-likeness (QED) is 0.860. The fraction of sp³-hybridized carbons (Fsp3) is 0.714. The number of rotatable bonds is 5. The molecular weight excluding hydrogens is 286 g/mol. The van der Waals surface area contributed by atoms with Gasteiger partial charge in [-0.3, -0.25) is 4.79 Å². The Morgan fingerprint density at radius 1 is 1.52 bits per heavy atom. The summed E-state index contributed by atoms with van der Waals surface area (Å²) >= 11 is 1.41. The number of aromatic nitrogens is 1. The molecule has 1 aliphatic rings. The van der Waals surface area contributed by atoms with Gasteiger partial charge in [0.05, 0.1) is 0 Å². The molecule has 1 aliphatic heterocycles. The summed E-state index contributed by atoms with van der Waals surface area (Å²) in [6, 6.07) is 0.214. The zero-order chi connectivity index (χ0) is 15.4. The maximum Gasteiger partial charge on any atom is 0.267 e. The highest BCUT2D eigenvalue weighted by Gasteiger charge is 2.24. The SMILES string of the molecule is CCCC(C)N(C)C(=O)c1sc(N2CCNCC2)nc1N. The molecule has 1 fully saturated rings. The number of nitrogen functional groups attached to an aromatic ring is 1. The summed E-state index contributed by atoms with van der Waals surface area (Å²) in [5.41, 5.74) is 5.97. The van der Waals surface area contributed by atoms with Crippen molar-refractivity contribution >= 4 is 28.2 Å². The van der Waals surface area contributed by atoms with E-state index < -0.39 is 0 Å². The van der Waals surface area contributed by atoms with E-state index in [0.717, 1.165) is 44.2 Å². The molecule has 0 radical (unpaired) electrons. The molecule has 3 N–H and O–H groups in total. The van der Waals surface area contributed by atoms with E-state index in [9.17, 15) is 4.79 Å².